The van der Waals surface area contributed by atoms with Crippen LogP contribution in [0.15, 0.2) is 30.3 Å². The number of hydrogen-bond acceptors (Lipinski definition) is 4. The Balaban J connectivity index is 1.40. The van der Waals surface area contributed by atoms with Gasteiger partial charge in [-0.25, -0.2) is 4.98 Å². The standard InChI is InChI=1S/C20H27N5O/c1-23-9-5-10-24(13-12-23)15-19(26)25-11-8-17-18(14-25)22-20(21-17)16-6-3-2-4-7-16/h2-4,6-7H,5,8-15H2,1H3,(H,21,22). The molecule has 2 aliphatic heterocycles. The van der Waals surface area contributed by atoms with E-state index in [1.165, 1.54) is 0 Å². The zero-order valence-corrected chi connectivity index (χ0v) is 15.4. The number of nitrogens with zero attached hydrogens (tertiary/aromatic N) is 4. The molecule has 0 unspecified atom stereocenters. The van der Waals surface area contributed by atoms with E-state index in [-0.39, 0.29) is 5.91 Å². The number of benzene rings is 1. The molecule has 3 heterocycles. The summed E-state index contributed by atoms with van der Waals surface area (Å²) in [6, 6.07) is 10.2. The molecule has 0 spiro atoms. The van der Waals surface area contributed by atoms with E-state index >= 15 is 0 Å². The largest absolute Gasteiger partial charge is 0.340 e. The Morgan fingerprint density at radius 1 is 1.12 bits per heavy atom. The van der Waals surface area contributed by atoms with E-state index in [0.29, 0.717) is 13.1 Å². The van der Waals surface area contributed by atoms with Crippen LogP contribution in [0.2, 0.25) is 0 Å². The Bertz CT molecular complexity index is 757. The summed E-state index contributed by atoms with van der Waals surface area (Å²) in [6.45, 7) is 6.08. The maximum atomic E-state index is 12.8. The van der Waals surface area contributed by atoms with Gasteiger partial charge in [-0.1, -0.05) is 30.3 Å². The van der Waals surface area contributed by atoms with Crippen molar-refractivity contribution < 1.29 is 4.79 Å². The van der Waals surface area contributed by atoms with E-state index in [0.717, 1.165) is 68.3 Å². The number of aromatic amines is 1. The summed E-state index contributed by atoms with van der Waals surface area (Å²) in [7, 11) is 2.15. The minimum atomic E-state index is 0.232. The molecular weight excluding hydrogens is 326 g/mol. The summed E-state index contributed by atoms with van der Waals surface area (Å²) < 4.78 is 0. The lowest BCUT2D eigenvalue weighted by atomic mass is 10.1. The third kappa shape index (κ3) is 3.81. The van der Waals surface area contributed by atoms with Gasteiger partial charge < -0.3 is 14.8 Å². The van der Waals surface area contributed by atoms with Crippen LogP contribution in [-0.2, 0) is 17.8 Å². The van der Waals surface area contributed by atoms with E-state index in [9.17, 15) is 4.79 Å². The number of likely N-dealkylation sites (N-methyl/N-ethyl adjacent to an activating group) is 1. The SMILES string of the molecule is CN1CCCN(CC(=O)N2CCc3nc(-c4ccccc4)[nH]c3C2)CC1. The summed E-state index contributed by atoms with van der Waals surface area (Å²) in [5.41, 5.74) is 3.27. The molecule has 1 fully saturated rings. The quantitative estimate of drug-likeness (QED) is 0.911. The molecule has 0 atom stereocenters. The lowest BCUT2D eigenvalue weighted by Crippen LogP contribution is -2.43. The Morgan fingerprint density at radius 2 is 1.96 bits per heavy atom. The first-order chi connectivity index (χ1) is 12.7. The first-order valence-electron chi connectivity index (χ1n) is 9.51. The van der Waals surface area contributed by atoms with Crippen LogP contribution >= 0.6 is 0 Å². The molecular formula is C20H27N5O. The number of H-pyrrole nitrogens is 1. The molecule has 1 amide bonds. The molecule has 4 rings (SSSR count). The zero-order valence-electron chi connectivity index (χ0n) is 15.4. The average Bonchev–Trinajstić information content (AvgIpc) is 2.99. The molecule has 1 aromatic heterocycles. The highest BCUT2D eigenvalue weighted by Gasteiger charge is 2.25. The minimum absolute atomic E-state index is 0.232. The van der Waals surface area contributed by atoms with Crippen molar-refractivity contribution in [3.63, 3.8) is 0 Å². The number of fused-ring (bicyclic) bond motifs is 1. The van der Waals surface area contributed by atoms with Crippen molar-refractivity contribution >= 4 is 5.91 Å². The fraction of sp³-hybridized carbons (Fsp3) is 0.500. The number of hydrogen-bond donors (Lipinski definition) is 1. The fourth-order valence-electron chi connectivity index (χ4n) is 3.79. The summed E-state index contributed by atoms with van der Waals surface area (Å²) in [5.74, 6) is 1.14. The number of rotatable bonds is 3. The Labute approximate surface area is 154 Å². The minimum Gasteiger partial charge on any atom is -0.340 e. The number of imidazole rings is 1. The first kappa shape index (κ1) is 17.2. The van der Waals surface area contributed by atoms with Crippen molar-refractivity contribution in [3.8, 4) is 11.4 Å². The zero-order chi connectivity index (χ0) is 17.9. The topological polar surface area (TPSA) is 55.5 Å². The van der Waals surface area contributed by atoms with Gasteiger partial charge in [-0.05, 0) is 26.6 Å². The monoisotopic (exact) mass is 353 g/mol. The number of carbonyl (C=O) groups is 1. The average molecular weight is 353 g/mol. The van der Waals surface area contributed by atoms with Crippen molar-refractivity contribution in [1.82, 2.24) is 24.7 Å². The number of amides is 1. The first-order valence-corrected chi connectivity index (χ1v) is 9.51. The Kier molecular flexibility index (Phi) is 5.04. The molecule has 0 saturated carbocycles. The third-order valence-electron chi connectivity index (χ3n) is 5.40. The molecule has 2 aromatic rings. The highest BCUT2D eigenvalue weighted by molar-refractivity contribution is 5.78. The van der Waals surface area contributed by atoms with E-state index in [1.807, 2.05) is 23.1 Å². The molecule has 0 aliphatic carbocycles. The van der Waals surface area contributed by atoms with Crippen LogP contribution in [0.25, 0.3) is 11.4 Å². The van der Waals surface area contributed by atoms with E-state index < -0.39 is 0 Å². The molecule has 6 heteroatoms. The lowest BCUT2D eigenvalue weighted by molar-refractivity contribution is -0.133. The smallest absolute Gasteiger partial charge is 0.237 e. The number of nitrogens with one attached hydrogen (secondary N) is 1. The Morgan fingerprint density at radius 3 is 2.81 bits per heavy atom. The fourth-order valence-corrected chi connectivity index (χ4v) is 3.79. The van der Waals surface area contributed by atoms with Crippen LogP contribution in [0, 0.1) is 0 Å². The molecule has 1 aromatic carbocycles. The Hall–Kier alpha value is -2.18. The normalized spacial score (nSPS) is 19.2. The predicted molar refractivity (Wildman–Crippen MR) is 102 cm³/mol. The summed E-state index contributed by atoms with van der Waals surface area (Å²) >= 11 is 0. The number of aromatic nitrogens is 2. The van der Waals surface area contributed by atoms with Gasteiger partial charge >= 0.3 is 0 Å². The second kappa shape index (κ2) is 7.60. The van der Waals surface area contributed by atoms with Gasteiger partial charge in [0.05, 0.1) is 24.5 Å². The van der Waals surface area contributed by atoms with Crippen LogP contribution in [-0.4, -0.2) is 76.9 Å². The van der Waals surface area contributed by atoms with Gasteiger partial charge in [-0.3, -0.25) is 9.69 Å². The van der Waals surface area contributed by atoms with Gasteiger partial charge in [0.15, 0.2) is 0 Å². The predicted octanol–water partition coefficient (Wildman–Crippen LogP) is 1.60. The van der Waals surface area contributed by atoms with Gasteiger partial charge in [-0.15, -0.1) is 0 Å². The van der Waals surface area contributed by atoms with Crippen molar-refractivity contribution in [2.45, 2.75) is 19.4 Å². The van der Waals surface area contributed by atoms with Gasteiger partial charge in [0.25, 0.3) is 0 Å². The second-order valence-corrected chi connectivity index (χ2v) is 7.37. The molecule has 138 valence electrons. The van der Waals surface area contributed by atoms with Gasteiger partial charge in [-0.2, -0.15) is 0 Å². The van der Waals surface area contributed by atoms with Crippen LogP contribution in [0.1, 0.15) is 17.8 Å². The van der Waals surface area contributed by atoms with Crippen molar-refractivity contribution in [2.75, 3.05) is 46.3 Å². The molecule has 26 heavy (non-hydrogen) atoms. The molecule has 2 aliphatic rings. The second-order valence-electron chi connectivity index (χ2n) is 7.37. The van der Waals surface area contributed by atoms with Crippen LogP contribution in [0.5, 0.6) is 0 Å². The molecule has 0 bridgehead atoms. The number of carbonyl (C=O) groups excluding carboxylic acids is 1. The summed E-state index contributed by atoms with van der Waals surface area (Å²) in [5, 5.41) is 0. The van der Waals surface area contributed by atoms with Crippen molar-refractivity contribution in [3.05, 3.63) is 41.7 Å². The maximum Gasteiger partial charge on any atom is 0.237 e. The lowest BCUT2D eigenvalue weighted by Gasteiger charge is -2.29. The van der Waals surface area contributed by atoms with Gasteiger partial charge in [0.2, 0.25) is 5.91 Å². The van der Waals surface area contributed by atoms with Crippen LogP contribution < -0.4 is 0 Å². The molecule has 6 nitrogen and oxygen atoms in total. The summed E-state index contributed by atoms with van der Waals surface area (Å²) in [4.78, 5) is 27.6. The van der Waals surface area contributed by atoms with Crippen molar-refractivity contribution in [2.24, 2.45) is 0 Å². The van der Waals surface area contributed by atoms with Crippen LogP contribution in [0.3, 0.4) is 0 Å². The molecule has 0 radical (unpaired) electrons. The maximum absolute atomic E-state index is 12.8. The van der Waals surface area contributed by atoms with Gasteiger partial charge in [0.1, 0.15) is 5.82 Å². The molecule has 1 N–H and O–H groups in total. The summed E-state index contributed by atoms with van der Waals surface area (Å²) in [6.07, 6.45) is 1.96. The van der Waals surface area contributed by atoms with Crippen molar-refractivity contribution in [1.29, 1.82) is 0 Å². The van der Waals surface area contributed by atoms with Gasteiger partial charge in [0, 0.05) is 31.6 Å². The van der Waals surface area contributed by atoms with Crippen LogP contribution in [0.4, 0.5) is 0 Å². The molecule has 1 saturated heterocycles. The van der Waals surface area contributed by atoms with E-state index in [1.54, 1.807) is 0 Å². The highest BCUT2D eigenvalue weighted by Crippen LogP contribution is 2.22. The van der Waals surface area contributed by atoms with E-state index in [2.05, 4.69) is 34.0 Å². The van der Waals surface area contributed by atoms with E-state index in [4.69, 9.17) is 4.98 Å². The third-order valence-corrected chi connectivity index (χ3v) is 5.40. The highest BCUT2D eigenvalue weighted by atomic mass is 16.2.